The highest BCUT2D eigenvalue weighted by Crippen LogP contribution is 2.19. The molecule has 0 saturated heterocycles. The van der Waals surface area contributed by atoms with Gasteiger partial charge < -0.3 is 24.6 Å². The van der Waals surface area contributed by atoms with Crippen LogP contribution >= 0.6 is 0 Å². The van der Waals surface area contributed by atoms with Crippen molar-refractivity contribution in [3.8, 4) is 11.9 Å². The first-order chi connectivity index (χ1) is 10.7. The van der Waals surface area contributed by atoms with E-state index in [2.05, 4.69) is 15.3 Å². The van der Waals surface area contributed by atoms with E-state index >= 15 is 0 Å². The van der Waals surface area contributed by atoms with Gasteiger partial charge in [-0.3, -0.25) is 0 Å². The quantitative estimate of drug-likeness (QED) is 0.794. The van der Waals surface area contributed by atoms with E-state index in [1.54, 1.807) is 20.8 Å². The zero-order chi connectivity index (χ0) is 17.6. The fourth-order valence-corrected chi connectivity index (χ4v) is 1.66. The third-order valence-corrected chi connectivity index (χ3v) is 2.59. The summed E-state index contributed by atoms with van der Waals surface area (Å²) in [6.07, 6.45) is 0.498. The molecule has 0 bridgehead atoms. The van der Waals surface area contributed by atoms with Crippen molar-refractivity contribution in [1.82, 2.24) is 15.3 Å². The van der Waals surface area contributed by atoms with Crippen molar-refractivity contribution in [2.75, 3.05) is 14.2 Å². The summed E-state index contributed by atoms with van der Waals surface area (Å²) >= 11 is 0. The van der Waals surface area contributed by atoms with Crippen LogP contribution in [-0.4, -0.2) is 53.0 Å². The molecule has 128 valence electrons. The summed E-state index contributed by atoms with van der Waals surface area (Å²) in [7, 11) is 2.79. The van der Waals surface area contributed by atoms with Gasteiger partial charge >= 0.3 is 18.1 Å². The molecular weight excluding hydrogens is 306 g/mol. The van der Waals surface area contributed by atoms with Gasteiger partial charge in [0.25, 0.3) is 0 Å². The number of carbonyl (C=O) groups is 2. The number of aromatic nitrogens is 2. The van der Waals surface area contributed by atoms with E-state index in [-0.39, 0.29) is 18.3 Å². The summed E-state index contributed by atoms with van der Waals surface area (Å²) < 4.78 is 15.0. The fourth-order valence-electron chi connectivity index (χ4n) is 1.66. The van der Waals surface area contributed by atoms with Crippen LogP contribution in [0.25, 0.3) is 0 Å². The molecule has 9 nitrogen and oxygen atoms in total. The lowest BCUT2D eigenvalue weighted by atomic mass is 10.1. The largest absolute Gasteiger partial charge is 0.481 e. The fraction of sp³-hybridized carbons (Fsp3) is 0.571. The van der Waals surface area contributed by atoms with E-state index in [0.717, 1.165) is 0 Å². The van der Waals surface area contributed by atoms with Gasteiger partial charge in [0.1, 0.15) is 11.6 Å². The predicted molar refractivity (Wildman–Crippen MR) is 79.6 cm³/mol. The molecule has 1 aromatic rings. The Bertz CT molecular complexity index is 570. The third-order valence-electron chi connectivity index (χ3n) is 2.59. The predicted octanol–water partition coefficient (Wildman–Crippen LogP) is 1.01. The van der Waals surface area contributed by atoms with Gasteiger partial charge in [-0.15, -0.1) is 0 Å². The second kappa shape index (κ2) is 7.61. The summed E-state index contributed by atoms with van der Waals surface area (Å²) in [6.45, 7) is 5.05. The Kier molecular flexibility index (Phi) is 6.11. The number of hydrogen-bond acceptors (Lipinski definition) is 7. The summed E-state index contributed by atoms with van der Waals surface area (Å²) in [4.78, 5) is 31.0. The number of nitrogens with one attached hydrogen (secondary N) is 1. The van der Waals surface area contributed by atoms with Crippen LogP contribution < -0.4 is 14.8 Å². The Balaban J connectivity index is 2.88. The minimum Gasteiger partial charge on any atom is -0.481 e. The van der Waals surface area contributed by atoms with Gasteiger partial charge in [0.05, 0.1) is 14.2 Å². The lowest BCUT2D eigenvalue weighted by molar-refractivity contribution is -0.139. The molecule has 0 aromatic carbocycles. The SMILES string of the molecule is COc1ncc(CC(NC(=O)OC(C)(C)C)C(=O)O)c(OC)n1. The molecule has 23 heavy (non-hydrogen) atoms. The molecule has 0 radical (unpaired) electrons. The van der Waals surface area contributed by atoms with Crippen molar-refractivity contribution in [3.63, 3.8) is 0 Å². The summed E-state index contributed by atoms with van der Waals surface area (Å²) in [5.41, 5.74) is -0.314. The molecule has 0 fully saturated rings. The average molecular weight is 327 g/mol. The molecule has 0 saturated carbocycles. The van der Waals surface area contributed by atoms with Gasteiger partial charge in [-0.05, 0) is 20.8 Å². The van der Waals surface area contributed by atoms with Gasteiger partial charge in [0.15, 0.2) is 0 Å². The van der Waals surface area contributed by atoms with Gasteiger partial charge in [-0.2, -0.15) is 4.98 Å². The van der Waals surface area contributed by atoms with Crippen molar-refractivity contribution in [2.45, 2.75) is 38.8 Å². The van der Waals surface area contributed by atoms with Crippen LogP contribution in [0.3, 0.4) is 0 Å². The van der Waals surface area contributed by atoms with Crippen LogP contribution in [0, 0.1) is 0 Å². The van der Waals surface area contributed by atoms with Crippen molar-refractivity contribution in [1.29, 1.82) is 0 Å². The number of hydrogen-bond donors (Lipinski definition) is 2. The maximum absolute atomic E-state index is 11.7. The Hall–Kier alpha value is -2.58. The minimum absolute atomic E-state index is 0.0677. The molecule has 9 heteroatoms. The number of carboxylic acids is 1. The highest BCUT2D eigenvalue weighted by atomic mass is 16.6. The molecule has 1 atom stereocenters. The first-order valence-corrected chi connectivity index (χ1v) is 6.82. The highest BCUT2D eigenvalue weighted by Gasteiger charge is 2.26. The maximum Gasteiger partial charge on any atom is 0.408 e. The molecule has 1 heterocycles. The lowest BCUT2D eigenvalue weighted by Crippen LogP contribution is -2.44. The summed E-state index contributed by atoms with van der Waals surface area (Å²) in [5, 5.41) is 11.6. The maximum atomic E-state index is 11.7. The van der Waals surface area contributed by atoms with E-state index in [1.165, 1.54) is 20.4 Å². The normalized spacial score (nSPS) is 12.2. The third kappa shape index (κ3) is 5.97. The van der Waals surface area contributed by atoms with Crippen molar-refractivity contribution in [3.05, 3.63) is 11.8 Å². The van der Waals surface area contributed by atoms with Gasteiger partial charge in [-0.1, -0.05) is 0 Å². The van der Waals surface area contributed by atoms with E-state index in [4.69, 9.17) is 14.2 Å². The average Bonchev–Trinajstić information content (AvgIpc) is 2.44. The molecule has 1 amide bonds. The van der Waals surface area contributed by atoms with E-state index < -0.39 is 23.7 Å². The number of nitrogens with zero attached hydrogens (tertiary/aromatic N) is 2. The Labute approximate surface area is 134 Å². The first kappa shape index (κ1) is 18.5. The van der Waals surface area contributed by atoms with Crippen LogP contribution in [0.2, 0.25) is 0 Å². The molecule has 0 aliphatic carbocycles. The van der Waals surface area contributed by atoms with Crippen LogP contribution in [0.1, 0.15) is 26.3 Å². The number of aliphatic carboxylic acids is 1. The molecular formula is C14H21N3O6. The molecule has 0 aliphatic rings. The Morgan fingerprint density at radius 3 is 2.43 bits per heavy atom. The minimum atomic E-state index is -1.21. The van der Waals surface area contributed by atoms with Crippen LogP contribution in [0.4, 0.5) is 4.79 Å². The monoisotopic (exact) mass is 327 g/mol. The van der Waals surface area contributed by atoms with Crippen molar-refractivity contribution < 1.29 is 28.9 Å². The van der Waals surface area contributed by atoms with Crippen LogP contribution in [0.5, 0.6) is 11.9 Å². The smallest absolute Gasteiger partial charge is 0.408 e. The van der Waals surface area contributed by atoms with Crippen LogP contribution in [-0.2, 0) is 16.0 Å². The Morgan fingerprint density at radius 2 is 1.96 bits per heavy atom. The number of ether oxygens (including phenoxy) is 3. The summed E-state index contributed by atoms with van der Waals surface area (Å²) in [5.74, 6) is -1.04. The second-order valence-electron chi connectivity index (χ2n) is 5.63. The van der Waals surface area contributed by atoms with Gasteiger partial charge in [-0.25, -0.2) is 14.6 Å². The van der Waals surface area contributed by atoms with E-state index in [0.29, 0.717) is 5.56 Å². The van der Waals surface area contributed by atoms with Crippen LogP contribution in [0.15, 0.2) is 6.20 Å². The standard InChI is InChI=1S/C14H21N3O6/c1-14(2,3)23-13(20)16-9(11(18)19)6-8-7-15-12(22-5)17-10(8)21-4/h7,9H,6H2,1-5H3,(H,16,20)(H,18,19). The number of methoxy groups -OCH3 is 2. The second-order valence-corrected chi connectivity index (χ2v) is 5.63. The molecule has 1 unspecified atom stereocenters. The molecule has 1 rings (SSSR count). The van der Waals surface area contributed by atoms with Crippen molar-refractivity contribution >= 4 is 12.1 Å². The lowest BCUT2D eigenvalue weighted by Gasteiger charge is -2.22. The Morgan fingerprint density at radius 1 is 1.30 bits per heavy atom. The van der Waals surface area contributed by atoms with Crippen molar-refractivity contribution in [2.24, 2.45) is 0 Å². The first-order valence-electron chi connectivity index (χ1n) is 6.82. The molecule has 1 aromatic heterocycles. The topological polar surface area (TPSA) is 120 Å². The van der Waals surface area contributed by atoms with E-state index in [1.807, 2.05) is 0 Å². The molecule has 0 aliphatic heterocycles. The number of alkyl carbamates (subject to hydrolysis) is 1. The zero-order valence-electron chi connectivity index (χ0n) is 13.7. The zero-order valence-corrected chi connectivity index (χ0v) is 13.7. The van der Waals surface area contributed by atoms with E-state index in [9.17, 15) is 14.7 Å². The number of rotatable bonds is 6. The number of amides is 1. The molecule has 0 spiro atoms. The number of carboxylic acid groups (broad SMARTS) is 1. The molecule has 2 N–H and O–H groups in total. The van der Waals surface area contributed by atoms with Gasteiger partial charge in [0, 0.05) is 18.2 Å². The number of carbonyl (C=O) groups excluding carboxylic acids is 1. The van der Waals surface area contributed by atoms with Gasteiger partial charge in [0.2, 0.25) is 5.88 Å². The highest BCUT2D eigenvalue weighted by molar-refractivity contribution is 5.80. The summed E-state index contributed by atoms with van der Waals surface area (Å²) in [6, 6.07) is -1.12.